The maximum Gasteiger partial charge on any atom is 0.0251 e. The molecule has 0 spiro atoms. The van der Waals surface area contributed by atoms with Gasteiger partial charge in [-0.3, -0.25) is 0 Å². The van der Waals surface area contributed by atoms with E-state index in [1.165, 1.54) is 12.0 Å². The molecule has 1 N–H and O–H groups in total. The molecular formula is C18H17N. The van der Waals surface area contributed by atoms with Crippen LogP contribution in [0.2, 0.25) is 0 Å². The molecule has 1 fully saturated rings. The van der Waals surface area contributed by atoms with Crippen molar-refractivity contribution in [3.8, 4) is 11.8 Å². The van der Waals surface area contributed by atoms with Crippen LogP contribution in [0.25, 0.3) is 0 Å². The van der Waals surface area contributed by atoms with E-state index in [-0.39, 0.29) is 0 Å². The molecule has 1 aliphatic rings. The predicted molar refractivity (Wildman–Crippen MR) is 79.1 cm³/mol. The fourth-order valence-electron chi connectivity index (χ4n) is 2.48. The van der Waals surface area contributed by atoms with Crippen LogP contribution in [0, 0.1) is 11.8 Å². The Kier molecular flexibility index (Phi) is 3.63. The molecule has 19 heavy (non-hydrogen) atoms. The van der Waals surface area contributed by atoms with E-state index in [9.17, 15) is 0 Å². The van der Waals surface area contributed by atoms with E-state index >= 15 is 0 Å². The average molecular weight is 247 g/mol. The van der Waals surface area contributed by atoms with Gasteiger partial charge in [0.05, 0.1) is 0 Å². The fourth-order valence-corrected chi connectivity index (χ4v) is 2.48. The van der Waals surface area contributed by atoms with Crippen LogP contribution in [0.5, 0.6) is 0 Å². The van der Waals surface area contributed by atoms with Gasteiger partial charge in [0.15, 0.2) is 0 Å². The number of hydrogen-bond donors (Lipinski definition) is 1. The lowest BCUT2D eigenvalue weighted by Crippen LogP contribution is -2.07. The lowest BCUT2D eigenvalue weighted by Gasteiger charge is -2.08. The predicted octanol–water partition coefficient (Wildman–Crippen LogP) is 3.16. The molecule has 2 aromatic rings. The van der Waals surface area contributed by atoms with Crippen molar-refractivity contribution in [3.05, 3.63) is 71.3 Å². The van der Waals surface area contributed by atoms with Crippen LogP contribution in [0.15, 0.2) is 54.6 Å². The summed E-state index contributed by atoms with van der Waals surface area (Å²) in [5, 5.41) is 3.41. The molecule has 0 bridgehead atoms. The standard InChI is InChI=1S/C18H17N/c1-2-5-15(6-3-1)9-10-16-7-4-8-17(13-16)18-11-12-19-14-18/h1-8,13,18-19H,11-12,14H2. The maximum absolute atomic E-state index is 3.41. The van der Waals surface area contributed by atoms with Gasteiger partial charge in [-0.05, 0) is 48.7 Å². The number of benzene rings is 2. The van der Waals surface area contributed by atoms with E-state index < -0.39 is 0 Å². The van der Waals surface area contributed by atoms with Gasteiger partial charge in [0.2, 0.25) is 0 Å². The zero-order valence-electron chi connectivity index (χ0n) is 10.9. The summed E-state index contributed by atoms with van der Waals surface area (Å²) in [5.74, 6) is 7.12. The molecule has 1 heterocycles. The van der Waals surface area contributed by atoms with E-state index in [1.54, 1.807) is 0 Å². The first-order chi connectivity index (χ1) is 9.42. The summed E-state index contributed by atoms with van der Waals surface area (Å²) in [7, 11) is 0. The number of rotatable bonds is 1. The van der Waals surface area contributed by atoms with Gasteiger partial charge in [0.1, 0.15) is 0 Å². The third-order valence-corrected chi connectivity index (χ3v) is 3.54. The minimum atomic E-state index is 0.651. The van der Waals surface area contributed by atoms with E-state index in [1.807, 2.05) is 30.3 Å². The molecular weight excluding hydrogens is 230 g/mol. The van der Waals surface area contributed by atoms with Gasteiger partial charge in [0.25, 0.3) is 0 Å². The van der Waals surface area contributed by atoms with Crippen molar-refractivity contribution in [1.82, 2.24) is 5.32 Å². The van der Waals surface area contributed by atoms with Gasteiger partial charge in [-0.25, -0.2) is 0 Å². The normalized spacial score (nSPS) is 17.8. The van der Waals surface area contributed by atoms with Crippen LogP contribution in [-0.2, 0) is 0 Å². The monoisotopic (exact) mass is 247 g/mol. The quantitative estimate of drug-likeness (QED) is 0.763. The first-order valence-electron chi connectivity index (χ1n) is 6.79. The van der Waals surface area contributed by atoms with E-state index in [0.29, 0.717) is 5.92 Å². The molecule has 1 aliphatic heterocycles. The van der Waals surface area contributed by atoms with E-state index in [0.717, 1.165) is 24.2 Å². The highest BCUT2D eigenvalue weighted by Gasteiger charge is 2.16. The van der Waals surface area contributed by atoms with E-state index in [4.69, 9.17) is 0 Å². The maximum atomic E-state index is 3.41. The Labute approximate surface area is 114 Å². The molecule has 0 amide bonds. The van der Waals surface area contributed by atoms with Crippen molar-refractivity contribution in [1.29, 1.82) is 0 Å². The second-order valence-corrected chi connectivity index (χ2v) is 4.93. The third-order valence-electron chi connectivity index (χ3n) is 3.54. The summed E-state index contributed by atoms with van der Waals surface area (Å²) in [6.45, 7) is 2.22. The molecule has 1 unspecified atom stereocenters. The molecule has 94 valence electrons. The van der Waals surface area contributed by atoms with Crippen molar-refractivity contribution in [2.45, 2.75) is 12.3 Å². The summed E-state index contributed by atoms with van der Waals surface area (Å²) < 4.78 is 0. The third kappa shape index (κ3) is 3.05. The Hall–Kier alpha value is -2.04. The minimum Gasteiger partial charge on any atom is -0.316 e. The van der Waals surface area contributed by atoms with Gasteiger partial charge >= 0.3 is 0 Å². The van der Waals surface area contributed by atoms with Crippen LogP contribution in [0.3, 0.4) is 0 Å². The zero-order valence-corrected chi connectivity index (χ0v) is 10.9. The zero-order chi connectivity index (χ0) is 12.9. The largest absolute Gasteiger partial charge is 0.316 e. The molecule has 1 nitrogen and oxygen atoms in total. The molecule has 1 heteroatoms. The summed E-state index contributed by atoms with van der Waals surface area (Å²) in [6, 6.07) is 18.8. The second-order valence-electron chi connectivity index (χ2n) is 4.93. The van der Waals surface area contributed by atoms with Gasteiger partial charge < -0.3 is 5.32 Å². The molecule has 0 saturated carbocycles. The molecule has 0 aliphatic carbocycles. The first-order valence-corrected chi connectivity index (χ1v) is 6.79. The Balaban J connectivity index is 1.82. The minimum absolute atomic E-state index is 0.651. The topological polar surface area (TPSA) is 12.0 Å². The molecule has 1 saturated heterocycles. The second kappa shape index (κ2) is 5.73. The highest BCUT2D eigenvalue weighted by Crippen LogP contribution is 2.22. The molecule has 0 radical (unpaired) electrons. The van der Waals surface area contributed by atoms with Crippen molar-refractivity contribution >= 4 is 0 Å². The van der Waals surface area contributed by atoms with E-state index in [2.05, 4.69) is 41.4 Å². The first kappa shape index (κ1) is 12.0. The summed E-state index contributed by atoms with van der Waals surface area (Å²) >= 11 is 0. The average Bonchev–Trinajstić information content (AvgIpc) is 3.01. The summed E-state index contributed by atoms with van der Waals surface area (Å²) in [6.07, 6.45) is 1.23. The fraction of sp³-hybridized carbons (Fsp3) is 0.222. The van der Waals surface area contributed by atoms with Gasteiger partial charge in [-0.15, -0.1) is 0 Å². The highest BCUT2D eigenvalue weighted by molar-refractivity contribution is 5.44. The van der Waals surface area contributed by atoms with Gasteiger partial charge in [-0.1, -0.05) is 42.2 Å². The molecule has 1 atom stereocenters. The molecule has 0 aromatic heterocycles. The Morgan fingerprint density at radius 1 is 0.895 bits per heavy atom. The lowest BCUT2D eigenvalue weighted by atomic mass is 9.97. The summed E-state index contributed by atoms with van der Waals surface area (Å²) in [5.41, 5.74) is 3.58. The van der Waals surface area contributed by atoms with Crippen molar-refractivity contribution < 1.29 is 0 Å². The van der Waals surface area contributed by atoms with Crippen LogP contribution >= 0.6 is 0 Å². The van der Waals surface area contributed by atoms with Crippen LogP contribution in [0.4, 0.5) is 0 Å². The van der Waals surface area contributed by atoms with Crippen molar-refractivity contribution in [3.63, 3.8) is 0 Å². The highest BCUT2D eigenvalue weighted by atomic mass is 14.9. The van der Waals surface area contributed by atoms with Gasteiger partial charge in [-0.2, -0.15) is 0 Å². The molecule has 2 aromatic carbocycles. The SMILES string of the molecule is C(#Cc1cccc(C2CCNC2)c1)c1ccccc1. The summed E-state index contributed by atoms with van der Waals surface area (Å²) in [4.78, 5) is 0. The molecule has 3 rings (SSSR count). The van der Waals surface area contributed by atoms with Gasteiger partial charge in [0, 0.05) is 17.7 Å². The van der Waals surface area contributed by atoms with Crippen molar-refractivity contribution in [2.75, 3.05) is 13.1 Å². The number of nitrogens with one attached hydrogen (secondary N) is 1. The Bertz CT molecular complexity index is 598. The van der Waals surface area contributed by atoms with Crippen LogP contribution < -0.4 is 5.32 Å². The van der Waals surface area contributed by atoms with Crippen LogP contribution in [0.1, 0.15) is 29.0 Å². The smallest absolute Gasteiger partial charge is 0.0251 e. The lowest BCUT2D eigenvalue weighted by molar-refractivity contribution is 0.763. The Morgan fingerprint density at radius 3 is 2.47 bits per heavy atom. The van der Waals surface area contributed by atoms with Crippen LogP contribution in [-0.4, -0.2) is 13.1 Å². The van der Waals surface area contributed by atoms with Crippen molar-refractivity contribution in [2.24, 2.45) is 0 Å². The number of hydrogen-bond acceptors (Lipinski definition) is 1. The Morgan fingerprint density at radius 2 is 1.68 bits per heavy atom.